The topological polar surface area (TPSA) is 26.3 Å². The van der Waals surface area contributed by atoms with E-state index >= 15 is 0 Å². The number of hydrogen-bond donors (Lipinski definition) is 0. The lowest BCUT2D eigenvalue weighted by molar-refractivity contribution is -0.142. The number of hydrogen-bond acceptors (Lipinski definition) is 2. The van der Waals surface area contributed by atoms with Crippen LogP contribution in [-0.2, 0) is 9.53 Å². The standard InChI is InChI=1S/C42H66O2/c1-7-8-9-10-11-12-13-14-15-16-17-18-19-20-21-22-23-24-25-31-41(43)44-36-34-38(3)29-26-28-37(2)32-33-40-39(4)30-27-35-42(40,5)6/h11-12,14-15,17-18,26,28-29,32-34H,7-10,13,16,19-25,27,30-31,35-36H2,1-6H3/b12-11-,15-14-,18-17-,29-26+,33-32+,37-28+,38-34+. The summed E-state index contributed by atoms with van der Waals surface area (Å²) in [4.78, 5) is 12.1. The molecule has 0 bridgehead atoms. The summed E-state index contributed by atoms with van der Waals surface area (Å²) in [6.07, 6.45) is 46.3. The Kier molecular flexibility index (Phi) is 23.0. The zero-order valence-electron chi connectivity index (χ0n) is 29.5. The quantitative estimate of drug-likeness (QED) is 0.0503. The molecule has 0 amide bonds. The fraction of sp³-hybridized carbons (Fsp3) is 0.595. The highest BCUT2D eigenvalue weighted by atomic mass is 16.5. The van der Waals surface area contributed by atoms with Crippen molar-refractivity contribution in [3.8, 4) is 0 Å². The van der Waals surface area contributed by atoms with Crippen molar-refractivity contribution in [3.05, 3.63) is 95.2 Å². The maximum Gasteiger partial charge on any atom is 0.306 e. The second kappa shape index (κ2) is 25.7. The molecule has 0 aromatic rings. The highest BCUT2D eigenvalue weighted by molar-refractivity contribution is 5.69. The second-order valence-electron chi connectivity index (χ2n) is 13.2. The Morgan fingerprint density at radius 1 is 0.795 bits per heavy atom. The van der Waals surface area contributed by atoms with Crippen molar-refractivity contribution in [2.45, 2.75) is 151 Å². The van der Waals surface area contributed by atoms with Gasteiger partial charge in [0, 0.05) is 6.42 Å². The summed E-state index contributed by atoms with van der Waals surface area (Å²) in [7, 11) is 0. The molecule has 0 atom stereocenters. The summed E-state index contributed by atoms with van der Waals surface area (Å²) in [5.41, 5.74) is 5.62. The van der Waals surface area contributed by atoms with Gasteiger partial charge in [-0.05, 0) is 102 Å². The van der Waals surface area contributed by atoms with Crippen LogP contribution in [0.4, 0.5) is 0 Å². The predicted octanol–water partition coefficient (Wildman–Crippen LogP) is 13.2. The van der Waals surface area contributed by atoms with E-state index in [1.165, 1.54) is 93.8 Å². The van der Waals surface area contributed by atoms with Gasteiger partial charge < -0.3 is 4.74 Å². The highest BCUT2D eigenvalue weighted by Crippen LogP contribution is 2.40. The SMILES string of the molecule is CCCCC/C=C\C/C=C\C/C=C\CCCCCCCCC(=O)OC/C=C(C)/C=C/C=C(C)/C=C/C1=C(C)CCCC1(C)C. The van der Waals surface area contributed by atoms with Crippen molar-refractivity contribution < 1.29 is 9.53 Å². The smallest absolute Gasteiger partial charge is 0.306 e. The maximum atomic E-state index is 12.1. The van der Waals surface area contributed by atoms with E-state index in [0.717, 1.165) is 31.3 Å². The number of carbonyl (C=O) groups excluding carboxylic acids is 1. The zero-order valence-corrected chi connectivity index (χ0v) is 29.5. The molecule has 0 radical (unpaired) electrons. The van der Waals surface area contributed by atoms with E-state index in [1.807, 2.05) is 13.0 Å². The first-order valence-electron chi connectivity index (χ1n) is 17.8. The van der Waals surface area contributed by atoms with Crippen molar-refractivity contribution in [2.75, 3.05) is 6.61 Å². The Balaban J connectivity index is 2.07. The molecule has 44 heavy (non-hydrogen) atoms. The minimum absolute atomic E-state index is 0.0867. The molecule has 0 aliphatic heterocycles. The lowest BCUT2D eigenvalue weighted by Crippen LogP contribution is -2.19. The zero-order chi connectivity index (χ0) is 32.3. The van der Waals surface area contributed by atoms with Crippen molar-refractivity contribution in [3.63, 3.8) is 0 Å². The Bertz CT molecular complexity index is 1020. The van der Waals surface area contributed by atoms with E-state index in [4.69, 9.17) is 4.74 Å². The van der Waals surface area contributed by atoms with Gasteiger partial charge in [0.15, 0.2) is 0 Å². The third kappa shape index (κ3) is 21.2. The third-order valence-electron chi connectivity index (χ3n) is 8.44. The van der Waals surface area contributed by atoms with Gasteiger partial charge in [0.1, 0.15) is 6.61 Å². The average Bonchev–Trinajstić information content (AvgIpc) is 2.97. The Labute approximate surface area is 272 Å². The summed E-state index contributed by atoms with van der Waals surface area (Å²) in [6, 6.07) is 0. The number of ether oxygens (including phenoxy) is 1. The fourth-order valence-electron chi connectivity index (χ4n) is 5.57. The normalized spacial score (nSPS) is 16.6. The Morgan fingerprint density at radius 3 is 2.07 bits per heavy atom. The van der Waals surface area contributed by atoms with Crippen LogP contribution in [0.2, 0.25) is 0 Å². The molecule has 0 saturated heterocycles. The van der Waals surface area contributed by atoms with Gasteiger partial charge in [0.05, 0.1) is 0 Å². The Morgan fingerprint density at radius 2 is 1.41 bits per heavy atom. The molecule has 0 N–H and O–H groups in total. The summed E-state index contributed by atoms with van der Waals surface area (Å²) >= 11 is 0. The van der Waals surface area contributed by atoms with Crippen LogP contribution in [0.5, 0.6) is 0 Å². The molecular weight excluding hydrogens is 536 g/mol. The van der Waals surface area contributed by atoms with Crippen LogP contribution in [0.3, 0.4) is 0 Å². The first-order valence-corrected chi connectivity index (χ1v) is 17.8. The second-order valence-corrected chi connectivity index (χ2v) is 13.2. The number of carbonyl (C=O) groups is 1. The van der Waals surface area contributed by atoms with Gasteiger partial charge in [-0.3, -0.25) is 4.79 Å². The minimum Gasteiger partial charge on any atom is -0.461 e. The number of esters is 1. The van der Waals surface area contributed by atoms with Crippen LogP contribution in [0.25, 0.3) is 0 Å². The lowest BCUT2D eigenvalue weighted by Gasteiger charge is -2.32. The summed E-state index contributed by atoms with van der Waals surface area (Å²) in [6.45, 7) is 13.8. The van der Waals surface area contributed by atoms with Gasteiger partial charge in [-0.2, -0.15) is 0 Å². The summed E-state index contributed by atoms with van der Waals surface area (Å²) in [5, 5.41) is 0. The van der Waals surface area contributed by atoms with E-state index in [2.05, 4.69) is 101 Å². The molecule has 0 aromatic carbocycles. The number of rotatable bonds is 23. The molecular formula is C42H66O2. The van der Waals surface area contributed by atoms with Gasteiger partial charge in [0.2, 0.25) is 0 Å². The van der Waals surface area contributed by atoms with E-state index in [0.29, 0.717) is 13.0 Å². The monoisotopic (exact) mass is 603 g/mol. The van der Waals surface area contributed by atoms with Crippen LogP contribution >= 0.6 is 0 Å². The molecule has 1 aliphatic rings. The molecule has 2 heteroatoms. The molecule has 0 heterocycles. The van der Waals surface area contributed by atoms with Gasteiger partial charge >= 0.3 is 5.97 Å². The summed E-state index contributed by atoms with van der Waals surface area (Å²) < 4.78 is 5.42. The largest absolute Gasteiger partial charge is 0.461 e. The lowest BCUT2D eigenvalue weighted by atomic mass is 9.72. The molecule has 246 valence electrons. The predicted molar refractivity (Wildman–Crippen MR) is 195 cm³/mol. The molecule has 0 unspecified atom stereocenters. The first-order chi connectivity index (χ1) is 21.3. The third-order valence-corrected chi connectivity index (χ3v) is 8.44. The maximum absolute atomic E-state index is 12.1. The van der Waals surface area contributed by atoms with Crippen LogP contribution in [0.15, 0.2) is 95.2 Å². The first kappa shape index (κ1) is 39.4. The van der Waals surface area contributed by atoms with Crippen molar-refractivity contribution >= 4 is 5.97 Å². The van der Waals surface area contributed by atoms with Gasteiger partial charge in [-0.1, -0.05) is 143 Å². The Hall–Kier alpha value is -2.61. The number of allylic oxidation sites excluding steroid dienone is 15. The van der Waals surface area contributed by atoms with Crippen molar-refractivity contribution in [1.29, 1.82) is 0 Å². The minimum atomic E-state index is -0.0867. The molecule has 0 saturated carbocycles. The molecule has 1 rings (SSSR count). The van der Waals surface area contributed by atoms with E-state index in [9.17, 15) is 4.79 Å². The van der Waals surface area contributed by atoms with Crippen molar-refractivity contribution in [2.24, 2.45) is 5.41 Å². The van der Waals surface area contributed by atoms with Crippen molar-refractivity contribution in [1.82, 2.24) is 0 Å². The number of unbranched alkanes of at least 4 members (excludes halogenated alkanes) is 9. The van der Waals surface area contributed by atoms with E-state index in [1.54, 1.807) is 0 Å². The van der Waals surface area contributed by atoms with E-state index < -0.39 is 0 Å². The highest BCUT2D eigenvalue weighted by Gasteiger charge is 2.26. The van der Waals surface area contributed by atoms with E-state index in [-0.39, 0.29) is 11.4 Å². The summed E-state index contributed by atoms with van der Waals surface area (Å²) in [5.74, 6) is -0.0867. The van der Waals surface area contributed by atoms with Crippen LogP contribution in [0, 0.1) is 5.41 Å². The van der Waals surface area contributed by atoms with Crippen LogP contribution in [-0.4, -0.2) is 12.6 Å². The molecule has 2 nitrogen and oxygen atoms in total. The molecule has 0 aromatic heterocycles. The van der Waals surface area contributed by atoms with Gasteiger partial charge in [-0.15, -0.1) is 0 Å². The van der Waals surface area contributed by atoms with Gasteiger partial charge in [0.25, 0.3) is 0 Å². The van der Waals surface area contributed by atoms with Gasteiger partial charge in [-0.25, -0.2) is 0 Å². The molecule has 1 aliphatic carbocycles. The molecule has 0 fully saturated rings. The van der Waals surface area contributed by atoms with Crippen LogP contribution < -0.4 is 0 Å². The molecule has 0 spiro atoms. The fourth-order valence-corrected chi connectivity index (χ4v) is 5.57. The average molecular weight is 603 g/mol. The van der Waals surface area contributed by atoms with Crippen LogP contribution in [0.1, 0.15) is 151 Å².